The van der Waals surface area contributed by atoms with Crippen LogP contribution in [0.3, 0.4) is 0 Å². The maximum absolute atomic E-state index is 14.2. The van der Waals surface area contributed by atoms with Crippen LogP contribution in [0.15, 0.2) is 66.9 Å². The van der Waals surface area contributed by atoms with Crippen molar-refractivity contribution in [2.45, 2.75) is 12.0 Å². The molecule has 1 aromatic heterocycles. The SMILES string of the molecule is COc1ccc(C2C(C(=O)N3CCN(c4ccccn4)CC3)c3ccccc3C(=O)N2C)cc1OC. The Balaban J connectivity index is 1.49. The van der Waals surface area contributed by atoms with Crippen molar-refractivity contribution in [2.24, 2.45) is 0 Å². The predicted octanol–water partition coefficient (Wildman–Crippen LogP) is 3.36. The molecule has 8 heteroatoms. The zero-order chi connectivity index (χ0) is 25.2. The van der Waals surface area contributed by atoms with Crippen molar-refractivity contribution in [3.63, 3.8) is 0 Å². The van der Waals surface area contributed by atoms with E-state index in [1.165, 1.54) is 0 Å². The molecule has 2 atom stereocenters. The van der Waals surface area contributed by atoms with Gasteiger partial charge in [-0.15, -0.1) is 0 Å². The van der Waals surface area contributed by atoms with Crippen molar-refractivity contribution in [2.75, 3.05) is 52.3 Å². The van der Waals surface area contributed by atoms with Crippen molar-refractivity contribution >= 4 is 17.6 Å². The van der Waals surface area contributed by atoms with Crippen LogP contribution in [-0.2, 0) is 4.79 Å². The first-order valence-electron chi connectivity index (χ1n) is 12.1. The van der Waals surface area contributed by atoms with Crippen LogP contribution in [0.25, 0.3) is 0 Å². The zero-order valence-corrected chi connectivity index (χ0v) is 20.8. The summed E-state index contributed by atoms with van der Waals surface area (Å²) in [5.41, 5.74) is 2.16. The van der Waals surface area contributed by atoms with Gasteiger partial charge in [0.2, 0.25) is 5.91 Å². The van der Waals surface area contributed by atoms with E-state index in [0.717, 1.165) is 16.9 Å². The summed E-state index contributed by atoms with van der Waals surface area (Å²) >= 11 is 0. The van der Waals surface area contributed by atoms with E-state index in [1.807, 2.05) is 59.5 Å². The van der Waals surface area contributed by atoms with Crippen LogP contribution >= 0.6 is 0 Å². The monoisotopic (exact) mass is 486 g/mol. The largest absolute Gasteiger partial charge is 0.493 e. The molecule has 2 aliphatic rings. The summed E-state index contributed by atoms with van der Waals surface area (Å²) < 4.78 is 10.9. The van der Waals surface area contributed by atoms with Gasteiger partial charge >= 0.3 is 0 Å². The van der Waals surface area contributed by atoms with E-state index in [1.54, 1.807) is 38.4 Å². The van der Waals surface area contributed by atoms with Crippen LogP contribution in [-0.4, -0.2) is 74.0 Å². The standard InChI is InChI=1S/C28H30N4O4/c1-30-26(19-11-12-22(35-2)23(18-19)36-3)25(20-8-4-5-9-21(20)27(30)33)28(34)32-16-14-31(15-17-32)24-10-6-7-13-29-24/h4-13,18,25-26H,14-17H2,1-3H3. The van der Waals surface area contributed by atoms with Crippen LogP contribution in [0, 0.1) is 0 Å². The van der Waals surface area contributed by atoms with Gasteiger partial charge in [-0.25, -0.2) is 4.98 Å². The summed E-state index contributed by atoms with van der Waals surface area (Å²) in [5, 5.41) is 0. The van der Waals surface area contributed by atoms with Crippen molar-refractivity contribution in [1.82, 2.24) is 14.8 Å². The predicted molar refractivity (Wildman–Crippen MR) is 137 cm³/mol. The molecule has 2 unspecified atom stereocenters. The molecule has 0 radical (unpaired) electrons. The van der Waals surface area contributed by atoms with Gasteiger partial charge in [-0.05, 0) is 41.5 Å². The molecule has 5 rings (SSSR count). The molecule has 2 aliphatic heterocycles. The molecule has 3 aromatic rings. The van der Waals surface area contributed by atoms with E-state index in [0.29, 0.717) is 43.2 Å². The van der Waals surface area contributed by atoms with E-state index >= 15 is 0 Å². The highest BCUT2D eigenvalue weighted by Crippen LogP contribution is 2.44. The fraction of sp³-hybridized carbons (Fsp3) is 0.321. The summed E-state index contributed by atoms with van der Waals surface area (Å²) in [5.74, 6) is 1.45. The highest BCUT2D eigenvalue weighted by Gasteiger charge is 2.44. The molecule has 0 bridgehead atoms. The van der Waals surface area contributed by atoms with E-state index in [9.17, 15) is 9.59 Å². The second kappa shape index (κ2) is 9.89. The fourth-order valence-electron chi connectivity index (χ4n) is 5.29. The molecule has 3 heterocycles. The number of hydrogen-bond acceptors (Lipinski definition) is 6. The molecule has 186 valence electrons. The number of amides is 2. The molecule has 0 spiro atoms. The number of pyridine rings is 1. The van der Waals surface area contributed by atoms with Crippen LogP contribution in [0.5, 0.6) is 11.5 Å². The number of rotatable bonds is 5. The third-order valence-electron chi connectivity index (χ3n) is 7.16. The van der Waals surface area contributed by atoms with E-state index in [2.05, 4.69) is 9.88 Å². The fourth-order valence-corrected chi connectivity index (χ4v) is 5.29. The first kappa shape index (κ1) is 23.7. The van der Waals surface area contributed by atoms with Gasteiger partial charge in [-0.2, -0.15) is 0 Å². The normalized spacial score (nSPS) is 19.6. The molecule has 2 aromatic carbocycles. The maximum Gasteiger partial charge on any atom is 0.254 e. The smallest absolute Gasteiger partial charge is 0.254 e. The van der Waals surface area contributed by atoms with Crippen LogP contribution in [0.1, 0.15) is 33.4 Å². The van der Waals surface area contributed by atoms with Gasteiger partial charge in [0.05, 0.1) is 26.2 Å². The van der Waals surface area contributed by atoms with Gasteiger partial charge < -0.3 is 24.2 Å². The maximum atomic E-state index is 14.2. The number of aromatic nitrogens is 1. The van der Waals surface area contributed by atoms with Crippen LogP contribution < -0.4 is 14.4 Å². The minimum Gasteiger partial charge on any atom is -0.493 e. The highest BCUT2D eigenvalue weighted by atomic mass is 16.5. The molecule has 0 aliphatic carbocycles. The molecule has 8 nitrogen and oxygen atoms in total. The lowest BCUT2D eigenvalue weighted by Crippen LogP contribution is -2.53. The minimum absolute atomic E-state index is 0.0160. The summed E-state index contributed by atoms with van der Waals surface area (Å²) in [7, 11) is 4.93. The van der Waals surface area contributed by atoms with Crippen molar-refractivity contribution in [1.29, 1.82) is 0 Å². The number of benzene rings is 2. The third kappa shape index (κ3) is 4.12. The summed E-state index contributed by atoms with van der Waals surface area (Å²) in [6.45, 7) is 2.58. The van der Waals surface area contributed by atoms with Gasteiger partial charge in [0, 0.05) is 45.0 Å². The number of piperazine rings is 1. The second-order valence-corrected chi connectivity index (χ2v) is 9.04. The first-order valence-corrected chi connectivity index (χ1v) is 12.1. The third-order valence-corrected chi connectivity index (χ3v) is 7.16. The Morgan fingerprint density at radius 3 is 2.33 bits per heavy atom. The van der Waals surface area contributed by atoms with Gasteiger partial charge in [0.1, 0.15) is 5.82 Å². The van der Waals surface area contributed by atoms with Crippen molar-refractivity contribution in [3.05, 3.63) is 83.6 Å². The van der Waals surface area contributed by atoms with Crippen molar-refractivity contribution < 1.29 is 19.1 Å². The summed E-state index contributed by atoms with van der Waals surface area (Å²) in [4.78, 5) is 37.8. The van der Waals surface area contributed by atoms with Crippen LogP contribution in [0.4, 0.5) is 5.82 Å². The molecule has 1 fully saturated rings. The first-order chi connectivity index (χ1) is 17.5. The minimum atomic E-state index is -0.539. The summed E-state index contributed by atoms with van der Waals surface area (Å²) in [6, 6.07) is 18.4. The van der Waals surface area contributed by atoms with Crippen molar-refractivity contribution in [3.8, 4) is 11.5 Å². The number of nitrogens with zero attached hydrogens (tertiary/aromatic N) is 4. The van der Waals surface area contributed by atoms with Gasteiger partial charge in [0.25, 0.3) is 5.91 Å². The molecular formula is C28H30N4O4. The van der Waals surface area contributed by atoms with Gasteiger partial charge in [-0.3, -0.25) is 9.59 Å². The summed E-state index contributed by atoms with van der Waals surface area (Å²) in [6.07, 6.45) is 1.78. The Kier molecular flexibility index (Phi) is 6.50. The molecular weight excluding hydrogens is 456 g/mol. The molecule has 2 amide bonds. The number of carbonyl (C=O) groups is 2. The number of fused-ring (bicyclic) bond motifs is 1. The van der Waals surface area contributed by atoms with Gasteiger partial charge in [0.15, 0.2) is 11.5 Å². The Hall–Kier alpha value is -4.07. The number of hydrogen-bond donors (Lipinski definition) is 0. The molecule has 1 saturated heterocycles. The number of ether oxygens (including phenoxy) is 2. The van der Waals surface area contributed by atoms with E-state index in [4.69, 9.17) is 9.47 Å². The number of carbonyl (C=O) groups excluding carboxylic acids is 2. The Morgan fingerprint density at radius 2 is 1.64 bits per heavy atom. The Morgan fingerprint density at radius 1 is 0.917 bits per heavy atom. The average molecular weight is 487 g/mol. The number of likely N-dealkylation sites (N-methyl/N-ethyl adjacent to an activating group) is 1. The lowest BCUT2D eigenvalue weighted by Gasteiger charge is -2.43. The highest BCUT2D eigenvalue weighted by molar-refractivity contribution is 6.01. The topological polar surface area (TPSA) is 75.2 Å². The van der Waals surface area contributed by atoms with E-state index in [-0.39, 0.29) is 11.8 Å². The van der Waals surface area contributed by atoms with Gasteiger partial charge in [-0.1, -0.05) is 30.3 Å². The van der Waals surface area contributed by atoms with E-state index < -0.39 is 12.0 Å². The quantitative estimate of drug-likeness (QED) is 0.551. The molecule has 0 saturated carbocycles. The lowest BCUT2D eigenvalue weighted by atomic mass is 9.79. The molecule has 0 N–H and O–H groups in total. The number of anilines is 1. The second-order valence-electron chi connectivity index (χ2n) is 9.04. The molecule has 36 heavy (non-hydrogen) atoms. The Bertz CT molecular complexity index is 1260. The average Bonchev–Trinajstić information content (AvgIpc) is 2.94. The van der Waals surface area contributed by atoms with Crippen LogP contribution in [0.2, 0.25) is 0 Å². The zero-order valence-electron chi connectivity index (χ0n) is 20.8. The Labute approximate surface area is 211 Å². The number of methoxy groups -OCH3 is 2. The lowest BCUT2D eigenvalue weighted by molar-refractivity contribution is -0.134.